The van der Waals surface area contributed by atoms with E-state index in [-0.39, 0.29) is 23.7 Å². The fraction of sp³-hybridized carbons (Fsp3) is 0.467. The molecule has 1 N–H and O–H groups in total. The number of likely N-dealkylation sites (tertiary alicyclic amines) is 1. The van der Waals surface area contributed by atoms with E-state index >= 15 is 0 Å². The van der Waals surface area contributed by atoms with Crippen molar-refractivity contribution in [3.63, 3.8) is 0 Å². The number of amides is 1. The van der Waals surface area contributed by atoms with Gasteiger partial charge in [0.05, 0.1) is 0 Å². The predicted molar refractivity (Wildman–Crippen MR) is 80.6 cm³/mol. The van der Waals surface area contributed by atoms with Crippen molar-refractivity contribution in [1.29, 1.82) is 0 Å². The molecular formula is C15H18ClN3O2. The van der Waals surface area contributed by atoms with Gasteiger partial charge >= 0.3 is 0 Å². The van der Waals surface area contributed by atoms with Gasteiger partial charge < -0.3 is 10.0 Å². The Labute approximate surface area is 128 Å². The van der Waals surface area contributed by atoms with E-state index in [1.165, 1.54) is 0 Å². The summed E-state index contributed by atoms with van der Waals surface area (Å²) in [5, 5.41) is 9.23. The number of hydrogen-bond donors (Lipinski definition) is 1. The summed E-state index contributed by atoms with van der Waals surface area (Å²) >= 11 is 6.17. The van der Waals surface area contributed by atoms with E-state index in [0.29, 0.717) is 11.3 Å². The number of carbonyl (C=O) groups is 1. The van der Waals surface area contributed by atoms with Crippen LogP contribution in [0.1, 0.15) is 36.2 Å². The van der Waals surface area contributed by atoms with E-state index in [0.717, 1.165) is 32.2 Å². The van der Waals surface area contributed by atoms with Crippen LogP contribution in [0.15, 0.2) is 24.4 Å². The van der Waals surface area contributed by atoms with E-state index < -0.39 is 0 Å². The van der Waals surface area contributed by atoms with Crippen LogP contribution in [0.4, 0.5) is 0 Å². The highest BCUT2D eigenvalue weighted by atomic mass is 35.5. The van der Waals surface area contributed by atoms with Crippen molar-refractivity contribution in [3.05, 3.63) is 35.2 Å². The Morgan fingerprint density at radius 3 is 3.14 bits per heavy atom. The minimum Gasteiger partial charge on any atom is -0.396 e. The lowest BCUT2D eigenvalue weighted by molar-refractivity contribution is 0.0717. The molecule has 0 saturated carbocycles. The molecular weight excluding hydrogens is 290 g/mol. The van der Waals surface area contributed by atoms with Crippen molar-refractivity contribution < 1.29 is 9.90 Å². The quantitative estimate of drug-likeness (QED) is 0.943. The molecule has 1 saturated heterocycles. The number of carbonyl (C=O) groups excluding carboxylic acids is 1. The fourth-order valence-corrected chi connectivity index (χ4v) is 3.28. The summed E-state index contributed by atoms with van der Waals surface area (Å²) in [6, 6.07) is 5.74. The minimum atomic E-state index is -0.0702. The average Bonchev–Trinajstić information content (AvgIpc) is 3.07. The standard InChI is InChI=1S/C15H18ClN3O2/c16-14-13(19-8-2-1-7-12(19)17-14)15(21)18-9-3-5-11(18)6-4-10-20/h1-2,7-8,11,20H,3-6,9-10H2. The zero-order chi connectivity index (χ0) is 14.8. The van der Waals surface area contributed by atoms with Crippen LogP contribution in [0.25, 0.3) is 5.65 Å². The third-order valence-electron chi connectivity index (χ3n) is 4.02. The smallest absolute Gasteiger partial charge is 0.274 e. The molecule has 0 radical (unpaired) electrons. The van der Waals surface area contributed by atoms with Gasteiger partial charge in [-0.1, -0.05) is 17.7 Å². The van der Waals surface area contributed by atoms with E-state index in [2.05, 4.69) is 4.98 Å². The third kappa shape index (κ3) is 2.63. The van der Waals surface area contributed by atoms with Gasteiger partial charge in [0.25, 0.3) is 5.91 Å². The highest BCUT2D eigenvalue weighted by Gasteiger charge is 2.32. The largest absolute Gasteiger partial charge is 0.396 e. The molecule has 1 atom stereocenters. The molecule has 1 fully saturated rings. The Kier molecular flexibility index (Phi) is 4.12. The molecule has 0 spiro atoms. The first-order valence-electron chi connectivity index (χ1n) is 7.27. The molecule has 5 nitrogen and oxygen atoms in total. The van der Waals surface area contributed by atoms with Crippen molar-refractivity contribution in [3.8, 4) is 0 Å². The summed E-state index contributed by atoms with van der Waals surface area (Å²) in [5.74, 6) is -0.0702. The van der Waals surface area contributed by atoms with Gasteiger partial charge in [0.15, 0.2) is 10.8 Å². The van der Waals surface area contributed by atoms with E-state index in [4.69, 9.17) is 16.7 Å². The second-order valence-electron chi connectivity index (χ2n) is 5.34. The summed E-state index contributed by atoms with van der Waals surface area (Å²) in [6.45, 7) is 0.903. The van der Waals surface area contributed by atoms with Gasteiger partial charge in [0.1, 0.15) is 5.65 Å². The lowest BCUT2D eigenvalue weighted by Crippen LogP contribution is -2.36. The Bertz CT molecular complexity index is 655. The zero-order valence-electron chi connectivity index (χ0n) is 11.7. The second-order valence-corrected chi connectivity index (χ2v) is 5.70. The van der Waals surface area contributed by atoms with Gasteiger partial charge in [-0.15, -0.1) is 0 Å². The number of aliphatic hydroxyl groups is 1. The van der Waals surface area contributed by atoms with Crippen molar-refractivity contribution in [2.45, 2.75) is 31.7 Å². The Hall–Kier alpha value is -1.59. The average molecular weight is 308 g/mol. The highest BCUT2D eigenvalue weighted by molar-refractivity contribution is 6.32. The third-order valence-corrected chi connectivity index (χ3v) is 4.29. The van der Waals surface area contributed by atoms with E-state index in [1.807, 2.05) is 23.1 Å². The first-order valence-corrected chi connectivity index (χ1v) is 7.64. The summed E-state index contributed by atoms with van der Waals surface area (Å²) in [7, 11) is 0. The number of hydrogen-bond acceptors (Lipinski definition) is 3. The number of rotatable bonds is 4. The van der Waals surface area contributed by atoms with Gasteiger partial charge in [-0.3, -0.25) is 9.20 Å². The van der Waals surface area contributed by atoms with Gasteiger partial charge in [-0.2, -0.15) is 0 Å². The first kappa shape index (κ1) is 14.4. The van der Waals surface area contributed by atoms with Crippen LogP contribution < -0.4 is 0 Å². The Morgan fingerprint density at radius 2 is 2.33 bits per heavy atom. The van der Waals surface area contributed by atoms with Crippen LogP contribution in [-0.4, -0.2) is 44.5 Å². The lowest BCUT2D eigenvalue weighted by atomic mass is 10.1. The van der Waals surface area contributed by atoms with E-state index in [1.54, 1.807) is 10.6 Å². The Morgan fingerprint density at radius 1 is 1.48 bits per heavy atom. The first-order chi connectivity index (χ1) is 10.2. The predicted octanol–water partition coefficient (Wildman–Crippen LogP) is 2.36. The number of halogens is 1. The summed E-state index contributed by atoms with van der Waals surface area (Å²) < 4.78 is 1.74. The maximum absolute atomic E-state index is 12.8. The molecule has 1 unspecified atom stereocenters. The molecule has 1 aliphatic rings. The minimum absolute atomic E-state index is 0.0702. The van der Waals surface area contributed by atoms with Crippen LogP contribution >= 0.6 is 11.6 Å². The van der Waals surface area contributed by atoms with Crippen molar-refractivity contribution >= 4 is 23.2 Å². The highest BCUT2D eigenvalue weighted by Crippen LogP contribution is 2.26. The molecule has 3 rings (SSSR count). The van der Waals surface area contributed by atoms with Crippen LogP contribution in [0.2, 0.25) is 5.15 Å². The van der Waals surface area contributed by atoms with E-state index in [9.17, 15) is 4.79 Å². The molecule has 0 bridgehead atoms. The topological polar surface area (TPSA) is 57.8 Å². The van der Waals surface area contributed by atoms with Gasteiger partial charge in [0, 0.05) is 25.4 Å². The maximum Gasteiger partial charge on any atom is 0.274 e. The molecule has 112 valence electrons. The molecule has 1 amide bonds. The molecule has 2 aromatic rings. The van der Waals surface area contributed by atoms with Gasteiger partial charge in [0.2, 0.25) is 0 Å². The van der Waals surface area contributed by atoms with Crippen LogP contribution in [0.5, 0.6) is 0 Å². The SMILES string of the molecule is O=C(c1c(Cl)nc2ccccn12)N1CCCC1CCCO. The van der Waals surface area contributed by atoms with Crippen molar-refractivity contribution in [2.24, 2.45) is 0 Å². The van der Waals surface area contributed by atoms with Crippen molar-refractivity contribution in [2.75, 3.05) is 13.2 Å². The maximum atomic E-state index is 12.8. The molecule has 1 aliphatic heterocycles. The number of pyridine rings is 1. The summed E-state index contributed by atoms with van der Waals surface area (Å²) in [6.07, 6.45) is 5.34. The van der Waals surface area contributed by atoms with Gasteiger partial charge in [-0.25, -0.2) is 4.98 Å². The number of nitrogens with zero attached hydrogens (tertiary/aromatic N) is 3. The Balaban J connectivity index is 1.91. The molecule has 3 heterocycles. The monoisotopic (exact) mass is 307 g/mol. The van der Waals surface area contributed by atoms with Crippen molar-refractivity contribution in [1.82, 2.24) is 14.3 Å². The van der Waals surface area contributed by atoms with Gasteiger partial charge in [-0.05, 0) is 37.8 Å². The zero-order valence-corrected chi connectivity index (χ0v) is 12.5. The second kappa shape index (κ2) is 6.03. The molecule has 0 aliphatic carbocycles. The molecule has 2 aromatic heterocycles. The molecule has 21 heavy (non-hydrogen) atoms. The fourth-order valence-electron chi connectivity index (χ4n) is 3.02. The summed E-state index contributed by atoms with van der Waals surface area (Å²) in [4.78, 5) is 18.9. The van der Waals surface area contributed by atoms with Crippen LogP contribution in [-0.2, 0) is 0 Å². The number of aliphatic hydroxyl groups excluding tert-OH is 1. The molecule has 0 aromatic carbocycles. The number of imidazole rings is 1. The van der Waals surface area contributed by atoms with Crippen LogP contribution in [0, 0.1) is 0 Å². The number of aromatic nitrogens is 2. The number of fused-ring (bicyclic) bond motifs is 1. The molecule has 6 heteroatoms. The lowest BCUT2D eigenvalue weighted by Gasteiger charge is -2.24. The normalized spacial score (nSPS) is 18.6. The van der Waals surface area contributed by atoms with Crippen LogP contribution in [0.3, 0.4) is 0 Å². The summed E-state index contributed by atoms with van der Waals surface area (Å²) in [5.41, 5.74) is 1.11.